The lowest BCUT2D eigenvalue weighted by atomic mass is 10.0. The van der Waals surface area contributed by atoms with Crippen LogP contribution in [0.4, 0.5) is 5.69 Å². The topological polar surface area (TPSA) is 78.1 Å². The second-order valence-corrected chi connectivity index (χ2v) is 6.27. The minimum atomic E-state index is -0.344. The van der Waals surface area contributed by atoms with E-state index in [9.17, 15) is 9.59 Å². The van der Waals surface area contributed by atoms with Crippen LogP contribution >= 0.6 is 0 Å². The van der Waals surface area contributed by atoms with Crippen LogP contribution in [-0.4, -0.2) is 33.6 Å². The Kier molecular flexibility index (Phi) is 5.05. The van der Waals surface area contributed by atoms with Crippen molar-refractivity contribution in [3.05, 3.63) is 58.0 Å². The molecule has 6 nitrogen and oxygen atoms in total. The number of likely N-dealkylation sites (tertiary alicyclic amines) is 1. The van der Waals surface area contributed by atoms with Crippen LogP contribution in [0.25, 0.3) is 0 Å². The summed E-state index contributed by atoms with van der Waals surface area (Å²) in [6, 6.07) is 11.2. The zero-order valence-electron chi connectivity index (χ0n) is 13.8. The molecule has 1 amide bonds. The maximum absolute atomic E-state index is 12.1. The normalized spacial score (nSPS) is 18.3. The summed E-state index contributed by atoms with van der Waals surface area (Å²) in [4.78, 5) is 25.5. The number of anilines is 1. The van der Waals surface area contributed by atoms with Gasteiger partial charge in [0.2, 0.25) is 0 Å². The summed E-state index contributed by atoms with van der Waals surface area (Å²) in [6.07, 6.45) is 3.85. The van der Waals surface area contributed by atoms with Gasteiger partial charge in [0.25, 0.3) is 11.5 Å². The molecule has 1 aromatic heterocycles. The van der Waals surface area contributed by atoms with E-state index in [-0.39, 0.29) is 17.2 Å². The molecule has 0 saturated carbocycles. The Balaban J connectivity index is 1.60. The molecule has 1 aromatic carbocycles. The van der Waals surface area contributed by atoms with Crippen molar-refractivity contribution in [1.82, 2.24) is 15.1 Å². The third-order valence-corrected chi connectivity index (χ3v) is 4.45. The summed E-state index contributed by atoms with van der Waals surface area (Å²) in [5.74, 6) is -0.344. The van der Waals surface area contributed by atoms with Crippen molar-refractivity contribution in [3.63, 3.8) is 0 Å². The number of aromatic nitrogens is 2. The quantitative estimate of drug-likeness (QED) is 0.904. The lowest BCUT2D eigenvalue weighted by Crippen LogP contribution is -2.36. The number of carbonyl (C=O) groups excluding carboxylic acids is 1. The average Bonchev–Trinajstić information content (AvgIpc) is 2.59. The Morgan fingerprint density at radius 1 is 1.25 bits per heavy atom. The summed E-state index contributed by atoms with van der Waals surface area (Å²) in [5, 5.41) is 8.75. The van der Waals surface area contributed by atoms with E-state index in [1.165, 1.54) is 37.0 Å². The van der Waals surface area contributed by atoms with Crippen LogP contribution in [0.1, 0.15) is 42.2 Å². The highest BCUT2D eigenvalue weighted by molar-refractivity contribution is 6.02. The van der Waals surface area contributed by atoms with Crippen LogP contribution in [0, 0.1) is 0 Å². The second-order valence-electron chi connectivity index (χ2n) is 6.27. The van der Waals surface area contributed by atoms with Crippen molar-refractivity contribution in [2.75, 3.05) is 11.9 Å². The lowest BCUT2D eigenvalue weighted by molar-refractivity contribution is 0.102. The minimum absolute atomic E-state index is 0.181. The molecule has 1 unspecified atom stereocenters. The number of hydrogen-bond donors (Lipinski definition) is 2. The van der Waals surface area contributed by atoms with Crippen LogP contribution in [0.15, 0.2) is 41.2 Å². The summed E-state index contributed by atoms with van der Waals surface area (Å²) < 4.78 is 0. The molecule has 1 fully saturated rings. The van der Waals surface area contributed by atoms with Gasteiger partial charge in [-0.3, -0.25) is 14.5 Å². The van der Waals surface area contributed by atoms with Crippen LogP contribution in [0.3, 0.4) is 0 Å². The molecule has 0 aliphatic carbocycles. The zero-order valence-corrected chi connectivity index (χ0v) is 13.8. The Labute approximate surface area is 140 Å². The van der Waals surface area contributed by atoms with Gasteiger partial charge in [0.1, 0.15) is 5.69 Å². The average molecular weight is 326 g/mol. The highest BCUT2D eigenvalue weighted by Crippen LogP contribution is 2.20. The van der Waals surface area contributed by atoms with Gasteiger partial charge in [0.05, 0.1) is 0 Å². The van der Waals surface area contributed by atoms with Gasteiger partial charge in [-0.2, -0.15) is 5.10 Å². The number of aromatic amines is 1. The van der Waals surface area contributed by atoms with E-state index >= 15 is 0 Å². The van der Waals surface area contributed by atoms with E-state index in [4.69, 9.17) is 0 Å². The van der Waals surface area contributed by atoms with Crippen molar-refractivity contribution in [1.29, 1.82) is 0 Å². The van der Waals surface area contributed by atoms with Crippen molar-refractivity contribution >= 4 is 11.6 Å². The largest absolute Gasteiger partial charge is 0.321 e. The van der Waals surface area contributed by atoms with Gasteiger partial charge in [0.15, 0.2) is 0 Å². The highest BCUT2D eigenvalue weighted by atomic mass is 16.2. The highest BCUT2D eigenvalue weighted by Gasteiger charge is 2.18. The molecule has 2 heterocycles. The molecule has 6 heteroatoms. The Hall–Kier alpha value is -2.47. The number of nitrogens with zero attached hydrogens (tertiary/aromatic N) is 2. The van der Waals surface area contributed by atoms with Crippen LogP contribution in [0.2, 0.25) is 0 Å². The number of H-pyrrole nitrogens is 1. The van der Waals surface area contributed by atoms with Crippen molar-refractivity contribution in [2.45, 2.75) is 38.8 Å². The van der Waals surface area contributed by atoms with Gasteiger partial charge < -0.3 is 5.32 Å². The molecular weight excluding hydrogens is 304 g/mol. The standard InChI is InChI=1S/C18H22N4O2/c1-13-4-2-3-11-22(13)12-14-5-7-15(8-6-14)19-18(24)16-9-10-17(23)21-20-16/h5-10,13H,2-4,11-12H2,1H3,(H,19,24)(H,21,23). The Morgan fingerprint density at radius 2 is 2.04 bits per heavy atom. The number of amides is 1. The first-order chi connectivity index (χ1) is 11.6. The number of hydrogen-bond acceptors (Lipinski definition) is 4. The molecule has 1 atom stereocenters. The monoisotopic (exact) mass is 326 g/mol. The van der Waals surface area contributed by atoms with Gasteiger partial charge >= 0.3 is 0 Å². The maximum Gasteiger partial charge on any atom is 0.276 e. The Morgan fingerprint density at radius 3 is 2.71 bits per heavy atom. The molecular formula is C18H22N4O2. The third kappa shape index (κ3) is 4.08. The second kappa shape index (κ2) is 7.40. The van der Waals surface area contributed by atoms with Gasteiger partial charge in [-0.05, 0) is 50.1 Å². The fourth-order valence-electron chi connectivity index (χ4n) is 2.99. The van der Waals surface area contributed by atoms with E-state index in [1.807, 2.05) is 24.3 Å². The molecule has 1 aliphatic rings. The van der Waals surface area contributed by atoms with E-state index < -0.39 is 0 Å². The number of benzene rings is 1. The SMILES string of the molecule is CC1CCCCN1Cc1ccc(NC(=O)c2ccc(=O)[nH]n2)cc1. The number of carbonyl (C=O) groups is 1. The summed E-state index contributed by atoms with van der Waals surface area (Å²) in [7, 11) is 0. The van der Waals surface area contributed by atoms with Gasteiger partial charge in [-0.15, -0.1) is 0 Å². The summed E-state index contributed by atoms with van der Waals surface area (Å²) >= 11 is 0. The molecule has 2 N–H and O–H groups in total. The minimum Gasteiger partial charge on any atom is -0.321 e. The summed E-state index contributed by atoms with van der Waals surface area (Å²) in [5.41, 5.74) is 1.80. The predicted octanol–water partition coefficient (Wildman–Crippen LogP) is 2.40. The Bertz CT molecular complexity index is 734. The van der Waals surface area contributed by atoms with E-state index in [2.05, 4.69) is 27.3 Å². The molecule has 0 radical (unpaired) electrons. The number of nitrogens with one attached hydrogen (secondary N) is 2. The fourth-order valence-corrected chi connectivity index (χ4v) is 2.99. The molecule has 1 aliphatic heterocycles. The fraction of sp³-hybridized carbons (Fsp3) is 0.389. The smallest absolute Gasteiger partial charge is 0.276 e. The predicted molar refractivity (Wildman–Crippen MR) is 93.0 cm³/mol. The van der Waals surface area contributed by atoms with E-state index in [1.54, 1.807) is 0 Å². The van der Waals surface area contributed by atoms with Gasteiger partial charge in [-0.1, -0.05) is 18.6 Å². The van der Waals surface area contributed by atoms with E-state index in [0.29, 0.717) is 11.7 Å². The first-order valence-corrected chi connectivity index (χ1v) is 8.32. The molecule has 0 bridgehead atoms. The molecule has 2 aromatic rings. The molecule has 0 spiro atoms. The van der Waals surface area contributed by atoms with Crippen molar-refractivity contribution in [3.8, 4) is 0 Å². The molecule has 126 valence electrons. The molecule has 24 heavy (non-hydrogen) atoms. The van der Waals surface area contributed by atoms with Crippen LogP contribution < -0.4 is 10.9 Å². The van der Waals surface area contributed by atoms with Gasteiger partial charge in [-0.25, -0.2) is 5.10 Å². The first kappa shape index (κ1) is 16.4. The van der Waals surface area contributed by atoms with Crippen molar-refractivity contribution in [2.24, 2.45) is 0 Å². The first-order valence-electron chi connectivity index (χ1n) is 8.32. The van der Waals surface area contributed by atoms with Crippen LogP contribution in [-0.2, 0) is 6.54 Å². The summed E-state index contributed by atoms with van der Waals surface area (Å²) in [6.45, 7) is 4.37. The number of rotatable bonds is 4. The third-order valence-electron chi connectivity index (χ3n) is 4.45. The number of piperidine rings is 1. The van der Waals surface area contributed by atoms with Crippen molar-refractivity contribution < 1.29 is 4.79 Å². The molecule has 1 saturated heterocycles. The maximum atomic E-state index is 12.1. The van der Waals surface area contributed by atoms with Gasteiger partial charge in [0, 0.05) is 24.3 Å². The van der Waals surface area contributed by atoms with Crippen LogP contribution in [0.5, 0.6) is 0 Å². The zero-order chi connectivity index (χ0) is 16.9. The van der Waals surface area contributed by atoms with E-state index in [0.717, 1.165) is 13.1 Å². The lowest BCUT2D eigenvalue weighted by Gasteiger charge is -2.33. The molecule has 3 rings (SSSR count).